The zero-order chi connectivity index (χ0) is 14.0. The Balaban J connectivity index is 2.30. The third kappa shape index (κ3) is 3.07. The molecule has 0 heterocycles. The number of carbonyl (C=O) groups excluding carboxylic acids is 1. The normalized spacial score (nSPS) is 10.3. The van der Waals surface area contributed by atoms with Crippen molar-refractivity contribution in [2.75, 3.05) is 11.1 Å². The predicted molar refractivity (Wildman–Crippen MR) is 87.4 cm³/mol. The minimum absolute atomic E-state index is 0.114. The molecular formula is C15H15IN2O. The van der Waals surface area contributed by atoms with Gasteiger partial charge in [0, 0.05) is 14.9 Å². The smallest absolute Gasteiger partial charge is 0.256 e. The molecule has 0 aromatic heterocycles. The highest BCUT2D eigenvalue weighted by Crippen LogP contribution is 2.23. The summed E-state index contributed by atoms with van der Waals surface area (Å²) in [7, 11) is 0. The molecule has 0 aliphatic heterocycles. The van der Waals surface area contributed by atoms with E-state index in [2.05, 4.69) is 27.9 Å². The zero-order valence-corrected chi connectivity index (χ0v) is 13.0. The van der Waals surface area contributed by atoms with Gasteiger partial charge in [0.25, 0.3) is 5.91 Å². The van der Waals surface area contributed by atoms with Crippen LogP contribution < -0.4 is 11.1 Å². The number of hydrogen-bond donors (Lipinski definition) is 2. The quantitative estimate of drug-likeness (QED) is 0.629. The third-order valence-electron chi connectivity index (χ3n) is 2.98. The number of aryl methyl sites for hydroxylation is 2. The number of halogens is 1. The fourth-order valence-electron chi connectivity index (χ4n) is 1.84. The first-order valence-corrected chi connectivity index (χ1v) is 6.99. The summed E-state index contributed by atoms with van der Waals surface area (Å²) in [5.74, 6) is -0.114. The predicted octanol–water partition coefficient (Wildman–Crippen LogP) is 3.74. The molecule has 0 unspecified atom stereocenters. The maximum Gasteiger partial charge on any atom is 0.256 e. The van der Waals surface area contributed by atoms with E-state index in [0.29, 0.717) is 11.3 Å². The van der Waals surface area contributed by atoms with Crippen LogP contribution in [-0.2, 0) is 0 Å². The van der Waals surface area contributed by atoms with Crippen LogP contribution in [0.5, 0.6) is 0 Å². The second-order valence-corrected chi connectivity index (χ2v) is 5.62. The number of anilines is 2. The van der Waals surface area contributed by atoms with Gasteiger partial charge in [-0.3, -0.25) is 4.79 Å². The summed E-state index contributed by atoms with van der Waals surface area (Å²) in [6.45, 7) is 3.91. The summed E-state index contributed by atoms with van der Waals surface area (Å²) in [6.07, 6.45) is 0. The second-order valence-electron chi connectivity index (χ2n) is 4.46. The second kappa shape index (κ2) is 5.61. The number of nitrogen functional groups attached to an aromatic ring is 1. The first-order valence-electron chi connectivity index (χ1n) is 5.91. The molecule has 2 aromatic rings. The van der Waals surface area contributed by atoms with Gasteiger partial charge in [-0.1, -0.05) is 18.2 Å². The van der Waals surface area contributed by atoms with E-state index >= 15 is 0 Å². The van der Waals surface area contributed by atoms with E-state index in [1.807, 2.05) is 44.2 Å². The molecule has 3 N–H and O–H groups in total. The summed E-state index contributed by atoms with van der Waals surface area (Å²) in [5, 5.41) is 2.91. The highest BCUT2D eigenvalue weighted by Gasteiger charge is 2.11. The lowest BCUT2D eigenvalue weighted by atomic mass is 10.1. The van der Waals surface area contributed by atoms with E-state index < -0.39 is 0 Å². The number of nitrogens with one attached hydrogen (secondary N) is 1. The molecule has 2 rings (SSSR count). The molecule has 0 fully saturated rings. The van der Waals surface area contributed by atoms with Gasteiger partial charge in [-0.2, -0.15) is 0 Å². The lowest BCUT2D eigenvalue weighted by Crippen LogP contribution is -2.14. The molecule has 0 saturated heterocycles. The third-order valence-corrected chi connectivity index (χ3v) is 3.92. The Hall–Kier alpha value is -1.56. The van der Waals surface area contributed by atoms with Gasteiger partial charge in [0.05, 0.1) is 5.56 Å². The van der Waals surface area contributed by atoms with E-state index in [1.165, 1.54) is 0 Å². The Morgan fingerprint density at radius 1 is 1.16 bits per heavy atom. The molecule has 0 bridgehead atoms. The number of amides is 1. The first kappa shape index (κ1) is 13.9. The summed E-state index contributed by atoms with van der Waals surface area (Å²) >= 11 is 2.15. The molecule has 0 aliphatic rings. The Morgan fingerprint density at radius 2 is 1.84 bits per heavy atom. The fraction of sp³-hybridized carbons (Fsp3) is 0.133. The number of hydrogen-bond acceptors (Lipinski definition) is 2. The maximum atomic E-state index is 12.2. The molecule has 4 heteroatoms. The summed E-state index contributed by atoms with van der Waals surface area (Å²) < 4.78 is 0.926. The molecule has 1 amide bonds. The first-order chi connectivity index (χ1) is 8.99. The molecule has 2 aromatic carbocycles. The van der Waals surface area contributed by atoms with Crippen molar-refractivity contribution in [2.24, 2.45) is 0 Å². The maximum absolute atomic E-state index is 12.2. The van der Waals surface area contributed by atoms with Crippen molar-refractivity contribution in [3.63, 3.8) is 0 Å². The molecule has 19 heavy (non-hydrogen) atoms. The fourth-order valence-corrected chi connectivity index (χ4v) is 2.47. The lowest BCUT2D eigenvalue weighted by Gasteiger charge is -2.12. The average molecular weight is 366 g/mol. The van der Waals surface area contributed by atoms with Crippen LogP contribution in [0.3, 0.4) is 0 Å². The SMILES string of the molecule is Cc1cc(C)c(NC(=O)c2ccccc2I)cc1N. The van der Waals surface area contributed by atoms with Crippen molar-refractivity contribution >= 4 is 39.9 Å². The van der Waals surface area contributed by atoms with Crippen molar-refractivity contribution in [3.05, 3.63) is 56.7 Å². The standard InChI is InChI=1S/C15H15IN2O/c1-9-7-10(2)14(8-13(9)17)18-15(19)11-5-3-4-6-12(11)16/h3-8H,17H2,1-2H3,(H,18,19). The van der Waals surface area contributed by atoms with Crippen LogP contribution in [0.4, 0.5) is 11.4 Å². The van der Waals surface area contributed by atoms with Crippen molar-refractivity contribution in [3.8, 4) is 0 Å². The zero-order valence-electron chi connectivity index (χ0n) is 10.8. The van der Waals surface area contributed by atoms with E-state index in [9.17, 15) is 4.79 Å². The molecule has 98 valence electrons. The number of rotatable bonds is 2. The van der Waals surface area contributed by atoms with Crippen molar-refractivity contribution < 1.29 is 4.79 Å². The Kier molecular flexibility index (Phi) is 4.09. The van der Waals surface area contributed by atoms with E-state index in [0.717, 1.165) is 20.4 Å². The van der Waals surface area contributed by atoms with E-state index in [1.54, 1.807) is 6.07 Å². The van der Waals surface area contributed by atoms with Crippen LogP contribution in [0.15, 0.2) is 36.4 Å². The van der Waals surface area contributed by atoms with Gasteiger partial charge < -0.3 is 11.1 Å². The molecule has 0 saturated carbocycles. The van der Waals surface area contributed by atoms with Crippen LogP contribution >= 0.6 is 22.6 Å². The van der Waals surface area contributed by atoms with Gasteiger partial charge in [0.2, 0.25) is 0 Å². The number of carbonyl (C=O) groups is 1. The van der Waals surface area contributed by atoms with Crippen LogP contribution in [0.2, 0.25) is 0 Å². The van der Waals surface area contributed by atoms with Crippen molar-refractivity contribution in [1.29, 1.82) is 0 Å². The van der Waals surface area contributed by atoms with Gasteiger partial charge in [-0.05, 0) is 65.8 Å². The minimum Gasteiger partial charge on any atom is -0.398 e. The molecule has 3 nitrogen and oxygen atoms in total. The average Bonchev–Trinajstić information content (AvgIpc) is 2.36. The Labute approximate surface area is 126 Å². The van der Waals surface area contributed by atoms with Crippen LogP contribution in [0.1, 0.15) is 21.5 Å². The monoisotopic (exact) mass is 366 g/mol. The molecule has 0 spiro atoms. The van der Waals surface area contributed by atoms with E-state index in [4.69, 9.17) is 5.73 Å². The number of nitrogens with two attached hydrogens (primary N) is 1. The van der Waals surface area contributed by atoms with Gasteiger partial charge in [-0.25, -0.2) is 0 Å². The Morgan fingerprint density at radius 3 is 2.53 bits per heavy atom. The van der Waals surface area contributed by atoms with Gasteiger partial charge >= 0.3 is 0 Å². The number of benzene rings is 2. The topological polar surface area (TPSA) is 55.1 Å². The van der Waals surface area contributed by atoms with Crippen LogP contribution in [-0.4, -0.2) is 5.91 Å². The largest absolute Gasteiger partial charge is 0.398 e. The lowest BCUT2D eigenvalue weighted by molar-refractivity contribution is 0.102. The highest BCUT2D eigenvalue weighted by atomic mass is 127. The van der Waals surface area contributed by atoms with Crippen LogP contribution in [0, 0.1) is 17.4 Å². The summed E-state index contributed by atoms with van der Waals surface area (Å²) in [4.78, 5) is 12.2. The van der Waals surface area contributed by atoms with Gasteiger partial charge in [-0.15, -0.1) is 0 Å². The van der Waals surface area contributed by atoms with Crippen molar-refractivity contribution in [1.82, 2.24) is 0 Å². The minimum atomic E-state index is -0.114. The summed E-state index contributed by atoms with van der Waals surface area (Å²) in [5.41, 5.74) is 10.0. The molecule has 0 radical (unpaired) electrons. The Bertz CT molecular complexity index is 638. The highest BCUT2D eigenvalue weighted by molar-refractivity contribution is 14.1. The van der Waals surface area contributed by atoms with Crippen LogP contribution in [0.25, 0.3) is 0 Å². The van der Waals surface area contributed by atoms with Crippen molar-refractivity contribution in [2.45, 2.75) is 13.8 Å². The molecular weight excluding hydrogens is 351 g/mol. The van der Waals surface area contributed by atoms with E-state index in [-0.39, 0.29) is 5.91 Å². The molecule has 0 atom stereocenters. The van der Waals surface area contributed by atoms with Gasteiger partial charge in [0.1, 0.15) is 0 Å². The summed E-state index contributed by atoms with van der Waals surface area (Å²) in [6, 6.07) is 11.3. The van der Waals surface area contributed by atoms with Gasteiger partial charge in [0.15, 0.2) is 0 Å². The molecule has 0 aliphatic carbocycles.